The zero-order chi connectivity index (χ0) is 48.9. The summed E-state index contributed by atoms with van der Waals surface area (Å²) in [6.07, 6.45) is 12.7. The van der Waals surface area contributed by atoms with Gasteiger partial charge in [-0.25, -0.2) is 9.59 Å². The lowest BCUT2D eigenvalue weighted by Crippen LogP contribution is -2.11. The number of unbranched alkanes of at least 4 members (excludes halogenated alkanes) is 6. The van der Waals surface area contributed by atoms with Crippen LogP contribution in [0.2, 0.25) is 0 Å². The quantitative estimate of drug-likeness (QED) is 0.0175. The van der Waals surface area contributed by atoms with Crippen LogP contribution in [0.15, 0.2) is 141 Å². The Balaban J connectivity index is 0.939. The number of benzene rings is 5. The molecule has 12 heteroatoms. The van der Waals surface area contributed by atoms with Gasteiger partial charge < -0.3 is 37.9 Å². The molecule has 0 aliphatic carbocycles. The number of rotatable bonds is 32. The first kappa shape index (κ1) is 52.9. The standard InChI is InChI=1S/C57H64O12/c1-4-36-62-38-10-6-8-12-40-64-48-28-20-46(21-29-48)56(60)67-50-24-14-44(15-25-50)18-34-54(58)66-52-32-33-53(43(3)42-52)69-55(59)35-19-45-16-26-51(27-17-45)68-57(61)47-22-30-49(31-23-47)65-41-13-9-7-11-39-63-37-5-2/h4-5,14-17,20-33,42H,1-2,6-13,18-19,34-41H2,3H3. The molecule has 0 radical (unpaired) electrons. The minimum Gasteiger partial charge on any atom is -0.494 e. The van der Waals surface area contributed by atoms with Gasteiger partial charge in [0.05, 0.1) is 37.6 Å². The van der Waals surface area contributed by atoms with Crippen molar-refractivity contribution in [3.8, 4) is 34.5 Å². The minimum absolute atomic E-state index is 0.122. The van der Waals surface area contributed by atoms with Gasteiger partial charge in [0.2, 0.25) is 0 Å². The number of hydrogen-bond acceptors (Lipinski definition) is 12. The van der Waals surface area contributed by atoms with Crippen molar-refractivity contribution in [2.45, 2.75) is 84.0 Å². The minimum atomic E-state index is -0.485. The Bertz CT molecular complexity index is 2350. The van der Waals surface area contributed by atoms with E-state index in [0.29, 0.717) is 90.5 Å². The Morgan fingerprint density at radius 3 is 1.25 bits per heavy atom. The molecule has 0 aromatic heterocycles. The number of esters is 4. The summed E-state index contributed by atoms with van der Waals surface area (Å²) in [5, 5.41) is 0. The highest BCUT2D eigenvalue weighted by atomic mass is 16.5. The fourth-order valence-electron chi connectivity index (χ4n) is 6.84. The van der Waals surface area contributed by atoms with Crippen LogP contribution >= 0.6 is 0 Å². The van der Waals surface area contributed by atoms with E-state index < -0.39 is 23.9 Å². The van der Waals surface area contributed by atoms with E-state index in [2.05, 4.69) is 13.2 Å². The van der Waals surface area contributed by atoms with Crippen molar-refractivity contribution in [3.63, 3.8) is 0 Å². The molecule has 5 aromatic rings. The van der Waals surface area contributed by atoms with E-state index in [-0.39, 0.29) is 12.8 Å². The van der Waals surface area contributed by atoms with Crippen molar-refractivity contribution >= 4 is 23.9 Å². The highest BCUT2D eigenvalue weighted by Gasteiger charge is 2.14. The molecule has 5 rings (SSSR count). The molecule has 0 amide bonds. The second-order valence-corrected chi connectivity index (χ2v) is 16.2. The summed E-state index contributed by atoms with van der Waals surface area (Å²) in [7, 11) is 0. The number of ether oxygens (including phenoxy) is 8. The van der Waals surface area contributed by atoms with Gasteiger partial charge in [-0.3, -0.25) is 9.59 Å². The summed E-state index contributed by atoms with van der Waals surface area (Å²) in [4.78, 5) is 51.0. The fraction of sp³-hybridized carbons (Fsp3) is 0.333. The lowest BCUT2D eigenvalue weighted by Gasteiger charge is -2.10. The summed E-state index contributed by atoms with van der Waals surface area (Å²) < 4.78 is 44.7. The predicted molar refractivity (Wildman–Crippen MR) is 265 cm³/mol. The van der Waals surface area contributed by atoms with Crippen molar-refractivity contribution in [1.29, 1.82) is 0 Å². The van der Waals surface area contributed by atoms with Gasteiger partial charge in [0.15, 0.2) is 0 Å². The van der Waals surface area contributed by atoms with Crippen LogP contribution in [0.25, 0.3) is 0 Å². The van der Waals surface area contributed by atoms with Crippen LogP contribution < -0.4 is 28.4 Å². The van der Waals surface area contributed by atoms with Crippen LogP contribution in [0.5, 0.6) is 34.5 Å². The van der Waals surface area contributed by atoms with Crippen LogP contribution in [0.4, 0.5) is 0 Å². The Morgan fingerprint density at radius 1 is 0.435 bits per heavy atom. The van der Waals surface area contributed by atoms with Crippen molar-refractivity contribution in [2.24, 2.45) is 0 Å². The van der Waals surface area contributed by atoms with Gasteiger partial charge >= 0.3 is 23.9 Å². The monoisotopic (exact) mass is 940 g/mol. The first-order valence-corrected chi connectivity index (χ1v) is 23.7. The molecule has 0 aliphatic heterocycles. The third kappa shape index (κ3) is 20.4. The van der Waals surface area contributed by atoms with Gasteiger partial charge in [0, 0.05) is 26.1 Å². The maximum absolute atomic E-state index is 12.8. The van der Waals surface area contributed by atoms with E-state index >= 15 is 0 Å². The zero-order valence-electron chi connectivity index (χ0n) is 39.7. The Labute approximate surface area is 406 Å². The summed E-state index contributed by atoms with van der Waals surface area (Å²) in [6, 6.07) is 32.5. The molecule has 364 valence electrons. The third-order valence-electron chi connectivity index (χ3n) is 10.7. The SMILES string of the molecule is C=CCOCCCCCCOc1ccc(C(=O)Oc2ccc(CCC(=O)Oc3ccc(OC(=O)CCc4ccc(OC(=O)c5ccc(OCCCCCCOCC=C)cc5)cc4)c(C)c3)cc2)cc1. The van der Waals surface area contributed by atoms with E-state index in [1.54, 1.807) is 134 Å². The van der Waals surface area contributed by atoms with Crippen LogP contribution in [0.3, 0.4) is 0 Å². The van der Waals surface area contributed by atoms with E-state index in [0.717, 1.165) is 75.7 Å². The Hall–Kier alpha value is -7.02. The summed E-state index contributed by atoms with van der Waals surface area (Å²) in [6.45, 7) is 12.9. The van der Waals surface area contributed by atoms with Crippen LogP contribution in [0, 0.1) is 6.92 Å². The smallest absolute Gasteiger partial charge is 0.343 e. The van der Waals surface area contributed by atoms with Crippen LogP contribution in [-0.4, -0.2) is 63.5 Å². The highest BCUT2D eigenvalue weighted by molar-refractivity contribution is 5.91. The van der Waals surface area contributed by atoms with E-state index in [1.165, 1.54) is 0 Å². The summed E-state index contributed by atoms with van der Waals surface area (Å²) >= 11 is 0. The van der Waals surface area contributed by atoms with Gasteiger partial charge in [-0.1, -0.05) is 49.3 Å². The van der Waals surface area contributed by atoms with E-state index in [9.17, 15) is 19.2 Å². The molecule has 0 saturated carbocycles. The van der Waals surface area contributed by atoms with Crippen LogP contribution in [-0.2, 0) is 31.9 Å². The van der Waals surface area contributed by atoms with Gasteiger partial charge in [-0.2, -0.15) is 0 Å². The van der Waals surface area contributed by atoms with Gasteiger partial charge in [-0.05, 0) is 166 Å². The maximum atomic E-state index is 12.8. The number of aryl methyl sites for hydroxylation is 3. The van der Waals surface area contributed by atoms with Gasteiger partial charge in [0.1, 0.15) is 34.5 Å². The molecular formula is C57H64O12. The molecule has 12 nitrogen and oxygen atoms in total. The first-order chi connectivity index (χ1) is 33.7. The van der Waals surface area contributed by atoms with Crippen molar-refractivity contribution in [2.75, 3.05) is 39.6 Å². The average molecular weight is 941 g/mol. The molecule has 0 atom stereocenters. The molecular weight excluding hydrogens is 877 g/mol. The van der Waals surface area contributed by atoms with Crippen molar-refractivity contribution in [1.82, 2.24) is 0 Å². The van der Waals surface area contributed by atoms with E-state index in [4.69, 9.17) is 37.9 Å². The lowest BCUT2D eigenvalue weighted by atomic mass is 10.1. The maximum Gasteiger partial charge on any atom is 0.343 e. The van der Waals surface area contributed by atoms with Crippen molar-refractivity contribution in [3.05, 3.63) is 168 Å². The summed E-state index contributed by atoms with van der Waals surface area (Å²) in [5.41, 5.74) is 3.18. The molecule has 0 saturated heterocycles. The lowest BCUT2D eigenvalue weighted by molar-refractivity contribution is -0.135. The largest absolute Gasteiger partial charge is 0.494 e. The molecule has 0 spiro atoms. The van der Waals surface area contributed by atoms with Gasteiger partial charge in [-0.15, -0.1) is 13.2 Å². The molecule has 69 heavy (non-hydrogen) atoms. The van der Waals surface area contributed by atoms with Crippen molar-refractivity contribution < 1.29 is 57.1 Å². The molecule has 0 N–H and O–H groups in total. The number of carbonyl (C=O) groups excluding carboxylic acids is 4. The van der Waals surface area contributed by atoms with E-state index in [1.807, 2.05) is 0 Å². The number of carbonyl (C=O) groups is 4. The molecule has 0 bridgehead atoms. The molecule has 0 aliphatic rings. The second-order valence-electron chi connectivity index (χ2n) is 16.2. The zero-order valence-corrected chi connectivity index (χ0v) is 39.7. The Kier molecular flexibility index (Phi) is 23.3. The second kappa shape index (κ2) is 30.4. The first-order valence-electron chi connectivity index (χ1n) is 23.7. The number of hydrogen-bond donors (Lipinski definition) is 0. The molecule has 0 fully saturated rings. The Morgan fingerprint density at radius 2 is 0.826 bits per heavy atom. The predicted octanol–water partition coefficient (Wildman–Crippen LogP) is 11.8. The van der Waals surface area contributed by atoms with Crippen LogP contribution in [0.1, 0.15) is 102 Å². The molecule has 0 heterocycles. The summed E-state index contributed by atoms with van der Waals surface area (Å²) in [5.74, 6) is 1.04. The third-order valence-corrected chi connectivity index (χ3v) is 10.7. The average Bonchev–Trinajstić information content (AvgIpc) is 3.36. The van der Waals surface area contributed by atoms with Gasteiger partial charge in [0.25, 0.3) is 0 Å². The molecule has 5 aromatic carbocycles. The highest BCUT2D eigenvalue weighted by Crippen LogP contribution is 2.26. The topological polar surface area (TPSA) is 142 Å². The molecule has 0 unspecified atom stereocenters. The fourth-order valence-corrected chi connectivity index (χ4v) is 6.84. The normalized spacial score (nSPS) is 10.7.